The molecule has 1 fully saturated rings. The number of carboxylic acids is 1. The molecule has 2 atom stereocenters. The van der Waals surface area contributed by atoms with Crippen molar-refractivity contribution in [3.63, 3.8) is 0 Å². The summed E-state index contributed by atoms with van der Waals surface area (Å²) >= 11 is 0. The molecule has 0 aliphatic carbocycles. The third-order valence-corrected chi connectivity index (χ3v) is 3.09. The minimum absolute atomic E-state index is 0.0270. The Morgan fingerprint density at radius 3 is 2.65 bits per heavy atom. The van der Waals surface area contributed by atoms with Crippen molar-refractivity contribution in [3.05, 3.63) is 0 Å². The van der Waals surface area contributed by atoms with Gasteiger partial charge >= 0.3 is 12.0 Å². The minimum atomic E-state index is -0.854. The number of nitriles is 1. The normalized spacial score (nSPS) is 23.2. The van der Waals surface area contributed by atoms with E-state index >= 15 is 0 Å². The molecule has 0 spiro atoms. The van der Waals surface area contributed by atoms with Gasteiger partial charge in [-0.15, -0.1) is 0 Å². The van der Waals surface area contributed by atoms with Crippen LogP contribution in [0.1, 0.15) is 13.3 Å². The van der Waals surface area contributed by atoms with Gasteiger partial charge in [-0.3, -0.25) is 4.79 Å². The van der Waals surface area contributed by atoms with E-state index in [0.29, 0.717) is 13.1 Å². The van der Waals surface area contributed by atoms with Crippen LogP contribution < -0.4 is 0 Å². The van der Waals surface area contributed by atoms with E-state index in [1.165, 1.54) is 4.90 Å². The SMILES string of the molecule is CC1CN(C(=O)N(C)CCC#N)CC1C(=O)O. The second-order valence-electron chi connectivity index (χ2n) is 4.44. The zero-order chi connectivity index (χ0) is 13.0. The first-order chi connectivity index (χ1) is 7.97. The Labute approximate surface area is 100 Å². The smallest absolute Gasteiger partial charge is 0.319 e. The summed E-state index contributed by atoms with van der Waals surface area (Å²) in [6, 6.07) is 1.78. The number of amides is 2. The van der Waals surface area contributed by atoms with Crippen LogP contribution in [0, 0.1) is 23.2 Å². The van der Waals surface area contributed by atoms with Gasteiger partial charge in [-0.1, -0.05) is 6.92 Å². The lowest BCUT2D eigenvalue weighted by Crippen LogP contribution is -2.40. The molecule has 17 heavy (non-hydrogen) atoms. The molecule has 1 rings (SSSR count). The monoisotopic (exact) mass is 239 g/mol. The Morgan fingerprint density at radius 2 is 2.18 bits per heavy atom. The summed E-state index contributed by atoms with van der Waals surface area (Å²) in [5.74, 6) is -1.36. The molecule has 94 valence electrons. The van der Waals surface area contributed by atoms with Gasteiger partial charge in [0.2, 0.25) is 0 Å². The van der Waals surface area contributed by atoms with E-state index in [-0.39, 0.29) is 24.9 Å². The zero-order valence-corrected chi connectivity index (χ0v) is 10.1. The highest BCUT2D eigenvalue weighted by atomic mass is 16.4. The van der Waals surface area contributed by atoms with E-state index in [1.54, 1.807) is 11.9 Å². The van der Waals surface area contributed by atoms with Crippen molar-refractivity contribution in [2.75, 3.05) is 26.7 Å². The molecule has 0 saturated carbocycles. The maximum absolute atomic E-state index is 11.9. The topological polar surface area (TPSA) is 84.6 Å². The largest absolute Gasteiger partial charge is 0.481 e. The fourth-order valence-corrected chi connectivity index (χ4v) is 2.00. The van der Waals surface area contributed by atoms with Gasteiger partial charge in [0.05, 0.1) is 18.4 Å². The second-order valence-corrected chi connectivity index (χ2v) is 4.44. The van der Waals surface area contributed by atoms with E-state index < -0.39 is 11.9 Å². The number of hydrogen-bond donors (Lipinski definition) is 1. The van der Waals surface area contributed by atoms with E-state index in [0.717, 1.165) is 0 Å². The first kappa shape index (κ1) is 13.3. The molecule has 0 aromatic carbocycles. The number of urea groups is 1. The van der Waals surface area contributed by atoms with Gasteiger partial charge in [0, 0.05) is 26.7 Å². The lowest BCUT2D eigenvalue weighted by Gasteiger charge is -2.23. The number of nitrogens with zero attached hydrogens (tertiary/aromatic N) is 3. The molecule has 0 bridgehead atoms. The molecule has 1 N–H and O–H groups in total. The number of aliphatic carboxylic acids is 1. The maximum Gasteiger partial charge on any atom is 0.319 e. The van der Waals surface area contributed by atoms with Crippen molar-refractivity contribution in [2.24, 2.45) is 11.8 Å². The molecule has 1 heterocycles. The van der Waals surface area contributed by atoms with Gasteiger partial charge in [-0.25, -0.2) is 4.79 Å². The summed E-state index contributed by atoms with van der Waals surface area (Å²) in [6.45, 7) is 2.93. The van der Waals surface area contributed by atoms with Crippen molar-refractivity contribution in [1.82, 2.24) is 9.80 Å². The van der Waals surface area contributed by atoms with Crippen LogP contribution in [-0.2, 0) is 4.79 Å². The van der Waals surface area contributed by atoms with Crippen molar-refractivity contribution >= 4 is 12.0 Å². The van der Waals surface area contributed by atoms with Crippen LogP contribution in [0.5, 0.6) is 0 Å². The standard InChI is InChI=1S/C11H17N3O3/c1-8-6-14(7-9(8)10(15)16)11(17)13(2)5-3-4-12/h8-9H,3,5-7H2,1-2H3,(H,15,16). The highest BCUT2D eigenvalue weighted by Crippen LogP contribution is 2.23. The molecule has 0 radical (unpaired) electrons. The lowest BCUT2D eigenvalue weighted by atomic mass is 9.99. The highest BCUT2D eigenvalue weighted by molar-refractivity contribution is 5.77. The quantitative estimate of drug-likeness (QED) is 0.781. The van der Waals surface area contributed by atoms with E-state index in [4.69, 9.17) is 10.4 Å². The molecule has 2 amide bonds. The van der Waals surface area contributed by atoms with Crippen LogP contribution in [0.2, 0.25) is 0 Å². The Hall–Kier alpha value is -1.77. The van der Waals surface area contributed by atoms with Crippen LogP contribution in [0.25, 0.3) is 0 Å². The first-order valence-corrected chi connectivity index (χ1v) is 5.57. The summed E-state index contributed by atoms with van der Waals surface area (Å²) in [5, 5.41) is 17.4. The van der Waals surface area contributed by atoms with Gasteiger partial charge in [-0.2, -0.15) is 5.26 Å². The van der Waals surface area contributed by atoms with Gasteiger partial charge in [0.15, 0.2) is 0 Å². The summed E-state index contributed by atoms with van der Waals surface area (Å²) in [5.41, 5.74) is 0. The molecule has 1 aliphatic rings. The number of rotatable bonds is 3. The van der Waals surface area contributed by atoms with E-state index in [1.807, 2.05) is 13.0 Å². The second kappa shape index (κ2) is 5.53. The number of likely N-dealkylation sites (tertiary alicyclic amines) is 1. The van der Waals surface area contributed by atoms with Crippen LogP contribution >= 0.6 is 0 Å². The molecular weight excluding hydrogens is 222 g/mol. The molecule has 0 aromatic heterocycles. The van der Waals surface area contributed by atoms with Crippen molar-refractivity contribution < 1.29 is 14.7 Å². The molecule has 6 heteroatoms. The average Bonchev–Trinajstić information content (AvgIpc) is 2.67. The summed E-state index contributed by atoms with van der Waals surface area (Å²) in [7, 11) is 1.62. The fourth-order valence-electron chi connectivity index (χ4n) is 2.00. The molecule has 2 unspecified atom stereocenters. The van der Waals surface area contributed by atoms with E-state index in [9.17, 15) is 9.59 Å². The van der Waals surface area contributed by atoms with Gasteiger partial charge in [0.1, 0.15) is 0 Å². The van der Waals surface area contributed by atoms with Gasteiger partial charge in [0.25, 0.3) is 0 Å². The minimum Gasteiger partial charge on any atom is -0.481 e. The predicted octanol–water partition coefficient (Wildman–Crippen LogP) is 0.604. The summed E-state index contributed by atoms with van der Waals surface area (Å²) in [6.07, 6.45) is 0.286. The number of carbonyl (C=O) groups is 2. The Kier molecular flexibility index (Phi) is 4.32. The van der Waals surface area contributed by atoms with Crippen molar-refractivity contribution in [3.8, 4) is 6.07 Å². The van der Waals surface area contributed by atoms with E-state index in [2.05, 4.69) is 0 Å². The predicted molar refractivity (Wildman–Crippen MR) is 60.1 cm³/mol. The maximum atomic E-state index is 11.9. The van der Waals surface area contributed by atoms with Crippen molar-refractivity contribution in [1.29, 1.82) is 5.26 Å². The fraction of sp³-hybridized carbons (Fsp3) is 0.727. The highest BCUT2D eigenvalue weighted by Gasteiger charge is 2.37. The molecular formula is C11H17N3O3. The third-order valence-electron chi connectivity index (χ3n) is 3.09. The number of carboxylic acid groups (broad SMARTS) is 1. The van der Waals surface area contributed by atoms with Crippen LogP contribution in [-0.4, -0.2) is 53.6 Å². The molecule has 0 aromatic rings. The first-order valence-electron chi connectivity index (χ1n) is 5.57. The Bertz CT molecular complexity index is 350. The van der Waals surface area contributed by atoms with Gasteiger partial charge < -0.3 is 14.9 Å². The molecule has 1 aliphatic heterocycles. The Balaban J connectivity index is 2.55. The lowest BCUT2D eigenvalue weighted by molar-refractivity contribution is -0.142. The molecule has 1 saturated heterocycles. The summed E-state index contributed by atoms with van der Waals surface area (Å²) in [4.78, 5) is 25.8. The average molecular weight is 239 g/mol. The zero-order valence-electron chi connectivity index (χ0n) is 10.1. The Morgan fingerprint density at radius 1 is 1.53 bits per heavy atom. The third kappa shape index (κ3) is 3.09. The summed E-state index contributed by atoms with van der Waals surface area (Å²) < 4.78 is 0. The number of carbonyl (C=O) groups excluding carboxylic acids is 1. The van der Waals surface area contributed by atoms with Crippen molar-refractivity contribution in [2.45, 2.75) is 13.3 Å². The van der Waals surface area contributed by atoms with Crippen LogP contribution in [0.4, 0.5) is 4.79 Å². The van der Waals surface area contributed by atoms with Crippen LogP contribution in [0.15, 0.2) is 0 Å². The van der Waals surface area contributed by atoms with Crippen LogP contribution in [0.3, 0.4) is 0 Å². The number of hydrogen-bond acceptors (Lipinski definition) is 3. The van der Waals surface area contributed by atoms with Gasteiger partial charge in [-0.05, 0) is 5.92 Å². The molecule has 6 nitrogen and oxygen atoms in total.